The Bertz CT molecular complexity index is 366. The van der Waals surface area contributed by atoms with Crippen molar-refractivity contribution in [2.75, 3.05) is 0 Å². The van der Waals surface area contributed by atoms with Gasteiger partial charge in [0.2, 0.25) is 0 Å². The third-order valence-electron chi connectivity index (χ3n) is 1.47. The number of nitriles is 1. The second kappa shape index (κ2) is 3.83. The Morgan fingerprint density at radius 2 is 2.43 bits per heavy atom. The molecule has 1 aromatic rings. The normalized spacial score (nSPS) is 10.4. The third-order valence-corrected chi connectivity index (χ3v) is 1.47. The van der Waals surface area contributed by atoms with Crippen LogP contribution in [0.4, 0.5) is 0 Å². The van der Waals surface area contributed by atoms with Gasteiger partial charge in [0.1, 0.15) is 11.7 Å². The zero-order valence-corrected chi connectivity index (χ0v) is 7.90. The van der Waals surface area contributed by atoms with Crippen LogP contribution in [0.3, 0.4) is 0 Å². The van der Waals surface area contributed by atoms with E-state index in [-0.39, 0.29) is 5.69 Å². The molecule has 0 saturated heterocycles. The fourth-order valence-corrected chi connectivity index (χ4v) is 0.763. The van der Waals surface area contributed by atoms with Crippen molar-refractivity contribution in [1.82, 2.24) is 15.5 Å². The van der Waals surface area contributed by atoms with Gasteiger partial charge >= 0.3 is 0 Å². The van der Waals surface area contributed by atoms with Crippen LogP contribution in [0.5, 0.6) is 0 Å². The largest absolute Gasteiger partial charge is 0.333 e. The van der Waals surface area contributed by atoms with Gasteiger partial charge in [0, 0.05) is 0 Å². The lowest BCUT2D eigenvalue weighted by molar-refractivity contribution is 0.0923. The molecule has 0 aliphatic heterocycles. The van der Waals surface area contributed by atoms with Crippen LogP contribution in [0.15, 0.2) is 12.1 Å². The van der Waals surface area contributed by atoms with Gasteiger partial charge in [-0.2, -0.15) is 5.26 Å². The molecule has 1 heterocycles. The van der Waals surface area contributed by atoms with Gasteiger partial charge in [-0.25, -0.2) is 0 Å². The number of carbonyl (C=O) groups excluding carboxylic acids is 1. The molecule has 0 atom stereocenters. The number of rotatable bonds is 2. The van der Waals surface area contributed by atoms with Crippen LogP contribution in [-0.4, -0.2) is 21.6 Å². The first-order valence-electron chi connectivity index (χ1n) is 3.99. The molecule has 5 nitrogen and oxygen atoms in total. The van der Waals surface area contributed by atoms with Crippen molar-refractivity contribution >= 4 is 5.91 Å². The van der Waals surface area contributed by atoms with Crippen LogP contribution in [0.1, 0.15) is 24.3 Å². The average molecular weight is 189 g/mol. The van der Waals surface area contributed by atoms with Gasteiger partial charge in [0.05, 0.1) is 6.07 Å². The monoisotopic (exact) mass is 189 g/mol. The van der Waals surface area contributed by atoms with Gasteiger partial charge in [-0.15, -0.1) is 10.2 Å². The Kier molecular flexibility index (Phi) is 2.77. The van der Waals surface area contributed by atoms with Crippen molar-refractivity contribution in [2.24, 2.45) is 0 Å². The number of hydrogen-bond acceptors (Lipinski definition) is 4. The van der Waals surface area contributed by atoms with Gasteiger partial charge in [-0.1, -0.05) is 0 Å². The highest BCUT2D eigenvalue weighted by Crippen LogP contribution is 2.01. The molecule has 1 N–H and O–H groups in total. The van der Waals surface area contributed by atoms with E-state index in [0.717, 1.165) is 0 Å². The lowest BCUT2D eigenvalue weighted by atomic mass is 10.1. The molecule has 0 unspecified atom stereocenters. The second-order valence-corrected chi connectivity index (χ2v) is 3.24. The molecule has 1 amide bonds. The predicted octanol–water partition coefficient (Wildman–Crippen LogP) is 0.309. The highest BCUT2D eigenvalue weighted by atomic mass is 16.2. The summed E-state index contributed by atoms with van der Waals surface area (Å²) in [7, 11) is 0. The number of nitrogens with zero attached hydrogens (tertiary/aromatic N) is 3. The van der Waals surface area contributed by atoms with Gasteiger partial charge in [0.25, 0.3) is 5.91 Å². The van der Waals surface area contributed by atoms with Crippen LogP contribution in [0, 0.1) is 17.5 Å². The van der Waals surface area contributed by atoms with Crippen molar-refractivity contribution in [2.45, 2.75) is 19.4 Å². The van der Waals surface area contributed by atoms with Crippen LogP contribution in [0.25, 0.3) is 0 Å². The van der Waals surface area contributed by atoms with Crippen molar-refractivity contribution in [3.8, 4) is 6.07 Å². The van der Waals surface area contributed by atoms with E-state index in [1.54, 1.807) is 13.8 Å². The highest BCUT2D eigenvalue weighted by molar-refractivity contribution is 5.92. The maximum absolute atomic E-state index is 11.4. The molecule has 5 heteroatoms. The average Bonchev–Trinajstić information content (AvgIpc) is 2.19. The topological polar surface area (TPSA) is 78.7 Å². The molecule has 0 spiro atoms. The smallest absolute Gasteiger partial charge is 0.273 e. The summed E-state index contributed by atoms with van der Waals surface area (Å²) in [5, 5.41) is 18.2. The van der Waals surface area contributed by atoms with Crippen molar-refractivity contribution in [1.29, 1.82) is 5.26 Å². The fourth-order valence-electron chi connectivity index (χ4n) is 0.763. The lowest BCUT2D eigenvalue weighted by Crippen LogP contribution is -2.42. The van der Waals surface area contributed by atoms with E-state index < -0.39 is 11.4 Å². The zero-order valence-electron chi connectivity index (χ0n) is 7.90. The standard InChI is InChI=1S/C9H9N4O/c1-9(2,6-10)12-8(14)7-4-3-5-11-13-7/h3-4H,1-2H3,(H,12,14). The molecule has 0 bridgehead atoms. The summed E-state index contributed by atoms with van der Waals surface area (Å²) >= 11 is 0. The number of amides is 1. The van der Waals surface area contributed by atoms with E-state index in [9.17, 15) is 4.79 Å². The maximum Gasteiger partial charge on any atom is 0.273 e. The molecule has 71 valence electrons. The summed E-state index contributed by atoms with van der Waals surface area (Å²) in [6.45, 7) is 3.21. The Hall–Kier alpha value is -1.96. The molecule has 1 radical (unpaired) electrons. The molecule has 1 aromatic heterocycles. The Morgan fingerprint density at radius 3 is 2.93 bits per heavy atom. The van der Waals surface area contributed by atoms with Crippen molar-refractivity contribution < 1.29 is 4.79 Å². The van der Waals surface area contributed by atoms with E-state index >= 15 is 0 Å². The van der Waals surface area contributed by atoms with Gasteiger partial charge in [-0.3, -0.25) is 4.79 Å². The lowest BCUT2D eigenvalue weighted by Gasteiger charge is -2.16. The molecule has 14 heavy (non-hydrogen) atoms. The Labute approximate surface area is 81.8 Å². The molecule has 0 aliphatic carbocycles. The highest BCUT2D eigenvalue weighted by Gasteiger charge is 2.20. The van der Waals surface area contributed by atoms with Crippen LogP contribution in [-0.2, 0) is 0 Å². The quantitative estimate of drug-likeness (QED) is 0.726. The van der Waals surface area contributed by atoms with Gasteiger partial charge in [-0.05, 0) is 26.0 Å². The second-order valence-electron chi connectivity index (χ2n) is 3.24. The Balaban J connectivity index is 2.75. The Morgan fingerprint density at radius 1 is 1.71 bits per heavy atom. The predicted molar refractivity (Wildman–Crippen MR) is 48.0 cm³/mol. The molecule has 0 aliphatic rings. The fraction of sp³-hybridized carbons (Fsp3) is 0.333. The first-order chi connectivity index (χ1) is 6.55. The van der Waals surface area contributed by atoms with Crippen LogP contribution < -0.4 is 5.32 Å². The summed E-state index contributed by atoms with van der Waals surface area (Å²) < 4.78 is 0. The summed E-state index contributed by atoms with van der Waals surface area (Å²) in [4.78, 5) is 11.4. The molecule has 0 aromatic carbocycles. The van der Waals surface area contributed by atoms with Gasteiger partial charge < -0.3 is 5.32 Å². The number of aromatic nitrogens is 2. The first-order valence-corrected chi connectivity index (χ1v) is 3.99. The summed E-state index contributed by atoms with van der Waals surface area (Å²) in [6.07, 6.45) is 2.46. The van der Waals surface area contributed by atoms with E-state index in [0.29, 0.717) is 0 Å². The van der Waals surface area contributed by atoms with Gasteiger partial charge in [0.15, 0.2) is 5.69 Å². The minimum Gasteiger partial charge on any atom is -0.333 e. The number of carbonyl (C=O) groups is 1. The summed E-state index contributed by atoms with van der Waals surface area (Å²) in [6, 6.07) is 4.92. The minimum atomic E-state index is -0.904. The zero-order chi connectivity index (χ0) is 10.6. The maximum atomic E-state index is 11.4. The van der Waals surface area contributed by atoms with E-state index in [1.165, 1.54) is 12.1 Å². The van der Waals surface area contributed by atoms with Crippen molar-refractivity contribution in [3.63, 3.8) is 0 Å². The van der Waals surface area contributed by atoms with E-state index in [1.807, 2.05) is 6.07 Å². The van der Waals surface area contributed by atoms with E-state index in [2.05, 4.69) is 21.7 Å². The van der Waals surface area contributed by atoms with E-state index in [4.69, 9.17) is 5.26 Å². The minimum absolute atomic E-state index is 0.173. The van der Waals surface area contributed by atoms with Crippen LogP contribution >= 0.6 is 0 Å². The molecule has 0 fully saturated rings. The summed E-state index contributed by atoms with van der Waals surface area (Å²) in [5.41, 5.74) is -0.731. The molecule has 0 saturated carbocycles. The van der Waals surface area contributed by atoms with Crippen molar-refractivity contribution in [3.05, 3.63) is 24.0 Å². The molecular weight excluding hydrogens is 180 g/mol. The molecule has 1 rings (SSSR count). The SMILES string of the molecule is CC(C)(C#N)NC(=O)c1cc[c]nn1. The first kappa shape index (κ1) is 10.1. The number of hydrogen-bond donors (Lipinski definition) is 1. The number of nitrogens with one attached hydrogen (secondary N) is 1. The summed E-state index contributed by atoms with van der Waals surface area (Å²) in [5.74, 6) is -0.418. The van der Waals surface area contributed by atoms with Crippen LogP contribution in [0.2, 0.25) is 0 Å². The third kappa shape index (κ3) is 2.52. The molecular formula is C9H9N4O.